The Morgan fingerprint density at radius 1 is 1.20 bits per heavy atom. The van der Waals surface area contributed by atoms with Gasteiger partial charge in [0.1, 0.15) is 12.6 Å². The molecule has 30 heavy (non-hydrogen) atoms. The maximum atomic E-state index is 12.7. The average molecular weight is 423 g/mol. The van der Waals surface area contributed by atoms with E-state index in [0.717, 1.165) is 19.5 Å². The van der Waals surface area contributed by atoms with Crippen molar-refractivity contribution in [2.75, 3.05) is 13.1 Å². The molecule has 7 heteroatoms. The van der Waals surface area contributed by atoms with Crippen molar-refractivity contribution < 1.29 is 14.6 Å². The summed E-state index contributed by atoms with van der Waals surface area (Å²) in [6.45, 7) is 4.08. The summed E-state index contributed by atoms with van der Waals surface area (Å²) in [6, 6.07) is 17.5. The third-order valence-electron chi connectivity index (χ3n) is 5.77. The van der Waals surface area contributed by atoms with Crippen LogP contribution in [0.15, 0.2) is 60.0 Å². The third kappa shape index (κ3) is 4.27. The summed E-state index contributed by atoms with van der Waals surface area (Å²) >= 11 is 1.70. The predicted molar refractivity (Wildman–Crippen MR) is 117 cm³/mol. The fraction of sp³-hybridized carbons (Fsp3) is 0.261. The zero-order chi connectivity index (χ0) is 21.1. The van der Waals surface area contributed by atoms with Gasteiger partial charge in [-0.25, -0.2) is 0 Å². The Bertz CT molecular complexity index is 1070. The van der Waals surface area contributed by atoms with Gasteiger partial charge in [0.2, 0.25) is 0 Å². The molecule has 0 radical (unpaired) electrons. The number of nitro groups is 1. The molecular weight excluding hydrogens is 398 g/mol. The van der Waals surface area contributed by atoms with E-state index in [-0.39, 0.29) is 17.6 Å². The fourth-order valence-corrected chi connectivity index (χ4v) is 4.96. The Hall–Kier alpha value is -3.03. The number of nitro benzene ring substituents is 1. The van der Waals surface area contributed by atoms with Gasteiger partial charge < -0.3 is 10.2 Å². The topological polar surface area (TPSA) is 76.7 Å². The zero-order valence-electron chi connectivity index (χ0n) is 16.8. The quantitative estimate of drug-likeness (QED) is 0.473. The van der Waals surface area contributed by atoms with Crippen LogP contribution in [0.2, 0.25) is 0 Å². The third-order valence-corrected chi connectivity index (χ3v) is 6.75. The van der Waals surface area contributed by atoms with Gasteiger partial charge in [0.15, 0.2) is 0 Å². The maximum Gasteiger partial charge on any atom is 0.273 e. The molecule has 2 aromatic carbocycles. The lowest BCUT2D eigenvalue weighted by Gasteiger charge is -2.32. The van der Waals surface area contributed by atoms with Gasteiger partial charge in [0.25, 0.3) is 11.6 Å². The zero-order valence-corrected chi connectivity index (χ0v) is 17.6. The number of thiophene rings is 1. The normalized spacial score (nSPS) is 16.5. The van der Waals surface area contributed by atoms with Gasteiger partial charge in [-0.1, -0.05) is 36.4 Å². The summed E-state index contributed by atoms with van der Waals surface area (Å²) in [5.41, 5.74) is 3.60. The number of hydrogen-bond acceptors (Lipinski definition) is 4. The molecule has 4 rings (SSSR count). The van der Waals surface area contributed by atoms with Crippen molar-refractivity contribution in [3.63, 3.8) is 0 Å². The Morgan fingerprint density at radius 3 is 2.73 bits per heavy atom. The molecule has 0 saturated carbocycles. The minimum atomic E-state index is -0.449. The first kappa shape index (κ1) is 20.3. The van der Waals surface area contributed by atoms with Crippen LogP contribution in [0.3, 0.4) is 0 Å². The van der Waals surface area contributed by atoms with E-state index in [2.05, 4.69) is 41.0 Å². The number of rotatable bonds is 6. The minimum absolute atomic E-state index is 0.0317. The average Bonchev–Trinajstić information content (AvgIpc) is 3.28. The van der Waals surface area contributed by atoms with E-state index in [9.17, 15) is 14.9 Å². The molecule has 2 heterocycles. The van der Waals surface area contributed by atoms with Crippen molar-refractivity contribution in [1.82, 2.24) is 5.32 Å². The summed E-state index contributed by atoms with van der Waals surface area (Å²) in [4.78, 5) is 26.2. The summed E-state index contributed by atoms with van der Waals surface area (Å²) in [7, 11) is 0. The number of carbonyl (C=O) groups is 1. The number of aryl methyl sites for hydroxylation is 1. The van der Waals surface area contributed by atoms with Crippen molar-refractivity contribution in [1.29, 1.82) is 0 Å². The lowest BCUT2D eigenvalue weighted by atomic mass is 9.98. The lowest BCUT2D eigenvalue weighted by Crippen LogP contribution is -3.12. The fourth-order valence-electron chi connectivity index (χ4n) is 4.08. The van der Waals surface area contributed by atoms with Gasteiger partial charge in [-0.2, -0.15) is 0 Å². The number of benzene rings is 2. The highest BCUT2D eigenvalue weighted by atomic mass is 32.1. The molecule has 0 aliphatic carbocycles. The van der Waals surface area contributed by atoms with Crippen molar-refractivity contribution in [2.45, 2.75) is 25.9 Å². The number of hydrogen-bond donors (Lipinski definition) is 2. The first-order valence-electron chi connectivity index (χ1n) is 10.0. The Kier molecular flexibility index (Phi) is 5.92. The van der Waals surface area contributed by atoms with Crippen molar-refractivity contribution in [3.8, 4) is 0 Å². The summed E-state index contributed by atoms with van der Waals surface area (Å²) in [6.07, 6.45) is 1.02. The summed E-state index contributed by atoms with van der Waals surface area (Å²) in [5, 5.41) is 16.3. The van der Waals surface area contributed by atoms with Crippen molar-refractivity contribution >= 4 is 22.9 Å². The van der Waals surface area contributed by atoms with Gasteiger partial charge in [-0.3, -0.25) is 14.9 Å². The minimum Gasteiger partial charge on any atom is -0.346 e. The maximum absolute atomic E-state index is 12.7. The molecule has 0 fully saturated rings. The van der Waals surface area contributed by atoms with Crippen LogP contribution in [0.5, 0.6) is 0 Å². The van der Waals surface area contributed by atoms with E-state index in [1.807, 2.05) is 6.07 Å². The molecule has 1 aromatic heterocycles. The number of nitrogens with one attached hydrogen (secondary N) is 2. The van der Waals surface area contributed by atoms with Gasteiger partial charge >= 0.3 is 0 Å². The van der Waals surface area contributed by atoms with Crippen molar-refractivity contribution in [3.05, 3.63) is 97.2 Å². The van der Waals surface area contributed by atoms with Crippen LogP contribution < -0.4 is 10.2 Å². The van der Waals surface area contributed by atoms with E-state index < -0.39 is 4.92 Å². The van der Waals surface area contributed by atoms with Crippen LogP contribution in [-0.2, 0) is 13.0 Å². The first-order valence-corrected chi connectivity index (χ1v) is 10.9. The van der Waals surface area contributed by atoms with Crippen molar-refractivity contribution in [2.24, 2.45) is 0 Å². The standard InChI is InChI=1S/C23H23N3O3S/c1-16-8-9-18(13-20(16)26(28)29)23(27)24-14-21(22-7-4-12-30-22)25-11-10-17-5-2-3-6-19(17)15-25/h2-9,12-13,21H,10-11,14-15H2,1H3,(H,24,27)/p+1/t21-/m1/s1. The van der Waals surface area contributed by atoms with Gasteiger partial charge in [-0.15, -0.1) is 11.3 Å². The number of fused-ring (bicyclic) bond motifs is 1. The van der Waals surface area contributed by atoms with Gasteiger partial charge in [0.05, 0.1) is 22.9 Å². The van der Waals surface area contributed by atoms with Crippen LogP contribution >= 0.6 is 11.3 Å². The summed E-state index contributed by atoms with van der Waals surface area (Å²) in [5.74, 6) is -0.281. The van der Waals surface area contributed by atoms with Crippen LogP contribution in [-0.4, -0.2) is 23.9 Å². The van der Waals surface area contributed by atoms with Gasteiger partial charge in [-0.05, 0) is 30.0 Å². The highest BCUT2D eigenvalue weighted by Crippen LogP contribution is 2.21. The number of carbonyl (C=O) groups excluding carboxylic acids is 1. The lowest BCUT2D eigenvalue weighted by molar-refractivity contribution is -0.945. The second-order valence-electron chi connectivity index (χ2n) is 7.64. The van der Waals surface area contributed by atoms with Crippen LogP contribution in [0.4, 0.5) is 5.69 Å². The SMILES string of the molecule is Cc1ccc(C(=O)NC[C@H](c2cccs2)[NH+]2CCc3ccccc3C2)cc1[N+](=O)[O-]. The smallest absolute Gasteiger partial charge is 0.273 e. The molecule has 154 valence electrons. The number of nitrogens with zero attached hydrogens (tertiary/aromatic N) is 1. The van der Waals surface area contributed by atoms with E-state index in [1.165, 1.54) is 27.0 Å². The second kappa shape index (κ2) is 8.77. The second-order valence-corrected chi connectivity index (χ2v) is 8.62. The molecule has 1 aliphatic rings. The molecule has 1 aliphatic heterocycles. The molecule has 1 unspecified atom stereocenters. The first-order chi connectivity index (χ1) is 14.5. The van der Waals surface area contributed by atoms with E-state index in [0.29, 0.717) is 17.7 Å². The van der Waals surface area contributed by atoms with E-state index >= 15 is 0 Å². The highest BCUT2D eigenvalue weighted by molar-refractivity contribution is 7.10. The molecule has 0 saturated heterocycles. The molecular formula is C23H24N3O3S+. The predicted octanol–water partition coefficient (Wildman–Crippen LogP) is 3.08. The Labute approximate surface area is 179 Å². The molecule has 2 atom stereocenters. The molecule has 2 N–H and O–H groups in total. The van der Waals surface area contributed by atoms with Crippen LogP contribution in [0.1, 0.15) is 38.0 Å². The molecule has 0 spiro atoms. The monoisotopic (exact) mass is 422 g/mol. The Balaban J connectivity index is 1.51. The highest BCUT2D eigenvalue weighted by Gasteiger charge is 2.29. The molecule has 6 nitrogen and oxygen atoms in total. The van der Waals surface area contributed by atoms with Crippen LogP contribution in [0, 0.1) is 17.0 Å². The van der Waals surface area contributed by atoms with Gasteiger partial charge in [0, 0.05) is 29.2 Å². The summed E-state index contributed by atoms with van der Waals surface area (Å²) < 4.78 is 0. The number of quaternary nitrogens is 1. The molecule has 1 amide bonds. The largest absolute Gasteiger partial charge is 0.346 e. The van der Waals surface area contributed by atoms with Crippen LogP contribution in [0.25, 0.3) is 0 Å². The Morgan fingerprint density at radius 2 is 2.00 bits per heavy atom. The van der Waals surface area contributed by atoms with E-state index in [1.54, 1.807) is 30.4 Å². The van der Waals surface area contributed by atoms with E-state index in [4.69, 9.17) is 0 Å². The number of amides is 1. The molecule has 0 bridgehead atoms. The molecule has 3 aromatic rings.